The Morgan fingerprint density at radius 1 is 1.50 bits per heavy atom. The molecule has 1 heterocycles. The summed E-state index contributed by atoms with van der Waals surface area (Å²) in [6, 6.07) is -0.877. The van der Waals surface area contributed by atoms with Gasteiger partial charge in [0.1, 0.15) is 12.0 Å². The number of ether oxygens (including phenoxy) is 1. The van der Waals surface area contributed by atoms with Crippen molar-refractivity contribution in [3.05, 3.63) is 0 Å². The van der Waals surface area contributed by atoms with E-state index in [0.29, 0.717) is 0 Å². The van der Waals surface area contributed by atoms with Gasteiger partial charge in [-0.25, -0.2) is 0 Å². The van der Waals surface area contributed by atoms with Crippen molar-refractivity contribution in [2.24, 2.45) is 17.4 Å². The zero-order valence-electron chi connectivity index (χ0n) is 9.44. The van der Waals surface area contributed by atoms with Crippen LogP contribution in [-0.2, 0) is 9.53 Å². The number of alkyl halides is 3. The van der Waals surface area contributed by atoms with Gasteiger partial charge in [0.15, 0.2) is 0 Å². The van der Waals surface area contributed by atoms with Gasteiger partial charge in [-0.1, -0.05) is 12.2 Å². The second-order valence-corrected chi connectivity index (χ2v) is 4.46. The van der Waals surface area contributed by atoms with Crippen LogP contribution in [0.15, 0.2) is 0 Å². The fourth-order valence-corrected chi connectivity index (χ4v) is 1.92. The van der Waals surface area contributed by atoms with E-state index in [2.05, 4.69) is 12.2 Å². The van der Waals surface area contributed by atoms with Crippen molar-refractivity contribution < 1.29 is 22.7 Å². The first-order chi connectivity index (χ1) is 8.23. The second-order valence-electron chi connectivity index (χ2n) is 3.98. The molecule has 0 spiro atoms. The Morgan fingerprint density at radius 2 is 2.11 bits per heavy atom. The zero-order chi connectivity index (χ0) is 13.9. The molecule has 1 aliphatic rings. The van der Waals surface area contributed by atoms with Gasteiger partial charge < -0.3 is 16.2 Å². The Balaban J connectivity index is 2.78. The largest absolute Gasteiger partial charge is 0.399 e. The summed E-state index contributed by atoms with van der Waals surface area (Å²) in [4.78, 5) is 11.8. The quantitative estimate of drug-likeness (QED) is 0.689. The Bertz CT molecular complexity index is 338. The highest BCUT2D eigenvalue weighted by molar-refractivity contribution is 7.80. The molecule has 0 aromatic heterocycles. The number of carbonyl (C=O) groups is 1. The summed E-state index contributed by atoms with van der Waals surface area (Å²) >= 11 is 4.42. The molecule has 1 fully saturated rings. The number of amides is 1. The van der Waals surface area contributed by atoms with E-state index in [4.69, 9.17) is 16.2 Å². The predicted molar refractivity (Wildman–Crippen MR) is 61.7 cm³/mol. The summed E-state index contributed by atoms with van der Waals surface area (Å²) in [5, 5.41) is 0. The summed E-state index contributed by atoms with van der Waals surface area (Å²) in [5.74, 6) is -2.67. The molecule has 4 N–H and O–H groups in total. The maximum Gasteiger partial charge on any atom is 0.399 e. The summed E-state index contributed by atoms with van der Waals surface area (Å²) in [6.07, 6.45) is -4.54. The van der Waals surface area contributed by atoms with Crippen LogP contribution in [0.25, 0.3) is 0 Å². The highest BCUT2D eigenvalue weighted by Gasteiger charge is 2.44. The van der Waals surface area contributed by atoms with Crippen LogP contribution < -0.4 is 11.5 Å². The molecule has 0 saturated carbocycles. The molecule has 1 rings (SSSR count). The minimum Gasteiger partial charge on any atom is -0.393 e. The third-order valence-corrected chi connectivity index (χ3v) is 3.01. The smallest absolute Gasteiger partial charge is 0.393 e. The zero-order valence-corrected chi connectivity index (χ0v) is 10.3. The number of hydrogen-bond acceptors (Lipinski definition) is 4. The van der Waals surface area contributed by atoms with E-state index < -0.39 is 35.6 Å². The summed E-state index contributed by atoms with van der Waals surface area (Å²) in [5.41, 5.74) is 10.2. The Hall–Kier alpha value is -0.930. The molecule has 18 heavy (non-hydrogen) atoms. The molecule has 9 heteroatoms. The Morgan fingerprint density at radius 3 is 2.56 bits per heavy atom. The van der Waals surface area contributed by atoms with E-state index >= 15 is 0 Å². The number of hydrogen-bond donors (Lipinski definition) is 2. The molecular weight excluding hydrogens is 271 g/mol. The first kappa shape index (κ1) is 15.1. The molecule has 2 unspecified atom stereocenters. The first-order valence-electron chi connectivity index (χ1n) is 5.20. The third kappa shape index (κ3) is 3.79. The number of morpholine rings is 1. The number of rotatable bonds is 4. The molecule has 0 aromatic rings. The van der Waals surface area contributed by atoms with Crippen LogP contribution in [-0.4, -0.2) is 54.3 Å². The van der Waals surface area contributed by atoms with Crippen LogP contribution in [0.2, 0.25) is 0 Å². The number of halogens is 3. The van der Waals surface area contributed by atoms with E-state index in [1.807, 2.05) is 0 Å². The maximum atomic E-state index is 12.7. The van der Waals surface area contributed by atoms with Crippen molar-refractivity contribution in [2.45, 2.75) is 12.2 Å². The van der Waals surface area contributed by atoms with Crippen LogP contribution in [0.4, 0.5) is 13.2 Å². The molecule has 1 saturated heterocycles. The molecule has 0 aromatic carbocycles. The SMILES string of the molecule is NC(=O)C1COCCN1CC(C(N)=S)C(F)(F)F. The third-order valence-electron chi connectivity index (χ3n) is 2.72. The van der Waals surface area contributed by atoms with E-state index in [0.717, 1.165) is 0 Å². The fraction of sp³-hybridized carbons (Fsp3) is 0.778. The van der Waals surface area contributed by atoms with E-state index in [1.54, 1.807) is 0 Å². The molecule has 1 amide bonds. The highest BCUT2D eigenvalue weighted by Crippen LogP contribution is 2.28. The summed E-state index contributed by atoms with van der Waals surface area (Å²) in [7, 11) is 0. The lowest BCUT2D eigenvalue weighted by atomic mass is 10.1. The molecule has 5 nitrogen and oxygen atoms in total. The average molecular weight is 285 g/mol. The van der Waals surface area contributed by atoms with Gasteiger partial charge in [-0.05, 0) is 0 Å². The Kier molecular flexibility index (Phi) is 4.88. The summed E-state index contributed by atoms with van der Waals surface area (Å²) in [6.45, 7) is -0.0679. The van der Waals surface area contributed by atoms with E-state index in [9.17, 15) is 18.0 Å². The number of thiocarbonyl (C=S) groups is 1. The standard InChI is InChI=1S/C9H14F3N3O2S/c10-9(11,12)5(8(14)18)3-15-1-2-17-4-6(15)7(13)16/h5-6H,1-4H2,(H2,13,16)(H2,14,18). The van der Waals surface area contributed by atoms with Crippen LogP contribution in [0.5, 0.6) is 0 Å². The molecule has 0 bridgehead atoms. The van der Waals surface area contributed by atoms with Gasteiger partial charge in [0.05, 0.1) is 18.2 Å². The number of nitrogens with zero attached hydrogens (tertiary/aromatic N) is 1. The molecule has 104 valence electrons. The van der Waals surface area contributed by atoms with Crippen molar-refractivity contribution in [3.8, 4) is 0 Å². The van der Waals surface area contributed by atoms with Crippen molar-refractivity contribution >= 4 is 23.1 Å². The van der Waals surface area contributed by atoms with Crippen LogP contribution >= 0.6 is 12.2 Å². The topological polar surface area (TPSA) is 81.6 Å². The minimum atomic E-state index is -4.54. The normalized spacial score (nSPS) is 23.6. The van der Waals surface area contributed by atoms with Crippen molar-refractivity contribution in [2.75, 3.05) is 26.3 Å². The number of primary amides is 1. The molecule has 0 radical (unpaired) electrons. The maximum absolute atomic E-state index is 12.7. The van der Waals surface area contributed by atoms with Gasteiger partial charge in [-0.2, -0.15) is 13.2 Å². The van der Waals surface area contributed by atoms with Crippen molar-refractivity contribution in [3.63, 3.8) is 0 Å². The summed E-state index contributed by atoms with van der Waals surface area (Å²) < 4.78 is 43.2. The Labute approximate surface area is 107 Å². The van der Waals surface area contributed by atoms with E-state index in [1.165, 1.54) is 4.90 Å². The van der Waals surface area contributed by atoms with Gasteiger partial charge >= 0.3 is 6.18 Å². The van der Waals surface area contributed by atoms with Gasteiger partial charge in [0.25, 0.3) is 0 Å². The molecule has 0 aliphatic carbocycles. The number of nitrogens with two attached hydrogens (primary N) is 2. The predicted octanol–water partition coefficient (Wildman–Crippen LogP) is -0.363. The molecule has 2 atom stereocenters. The van der Waals surface area contributed by atoms with Gasteiger partial charge in [-0.15, -0.1) is 0 Å². The average Bonchev–Trinajstić information content (AvgIpc) is 2.24. The minimum absolute atomic E-state index is 0.0166. The lowest BCUT2D eigenvalue weighted by Gasteiger charge is -2.36. The fourth-order valence-electron chi connectivity index (χ4n) is 1.71. The molecule has 1 aliphatic heterocycles. The highest BCUT2D eigenvalue weighted by atomic mass is 32.1. The van der Waals surface area contributed by atoms with Crippen molar-refractivity contribution in [1.29, 1.82) is 0 Å². The van der Waals surface area contributed by atoms with Crippen molar-refractivity contribution in [1.82, 2.24) is 4.90 Å². The first-order valence-corrected chi connectivity index (χ1v) is 5.61. The monoisotopic (exact) mass is 285 g/mol. The van der Waals surface area contributed by atoms with Crippen LogP contribution in [0, 0.1) is 5.92 Å². The lowest BCUT2D eigenvalue weighted by molar-refractivity contribution is -0.165. The van der Waals surface area contributed by atoms with Gasteiger partial charge in [-0.3, -0.25) is 9.69 Å². The second kappa shape index (κ2) is 5.81. The van der Waals surface area contributed by atoms with Crippen LogP contribution in [0.3, 0.4) is 0 Å². The van der Waals surface area contributed by atoms with Gasteiger partial charge in [0.2, 0.25) is 5.91 Å². The van der Waals surface area contributed by atoms with E-state index in [-0.39, 0.29) is 19.8 Å². The lowest BCUT2D eigenvalue weighted by Crippen LogP contribution is -2.56. The molecular formula is C9H14F3N3O2S. The van der Waals surface area contributed by atoms with Gasteiger partial charge in [0, 0.05) is 13.1 Å². The number of carbonyl (C=O) groups excluding carboxylic acids is 1. The van der Waals surface area contributed by atoms with Crippen LogP contribution in [0.1, 0.15) is 0 Å².